The average Bonchev–Trinajstić information content (AvgIpc) is 2.68. The van der Waals surface area contributed by atoms with Crippen LogP contribution in [-0.2, 0) is 10.2 Å². The molecule has 0 aromatic heterocycles. The second-order valence-electron chi connectivity index (χ2n) is 8.37. The molecule has 0 saturated carbocycles. The summed E-state index contributed by atoms with van der Waals surface area (Å²) in [6.07, 6.45) is 1.97. The Hall–Kier alpha value is -2.33. The molecule has 1 amide bonds. The van der Waals surface area contributed by atoms with Crippen molar-refractivity contribution in [1.82, 2.24) is 10.2 Å². The molecule has 0 aliphatic carbocycles. The van der Waals surface area contributed by atoms with E-state index in [1.165, 1.54) is 5.56 Å². The van der Waals surface area contributed by atoms with Crippen LogP contribution in [0.4, 0.5) is 0 Å². The summed E-state index contributed by atoms with van der Waals surface area (Å²) in [6, 6.07) is 18.0. The van der Waals surface area contributed by atoms with Gasteiger partial charge in [-0.3, -0.25) is 4.79 Å². The van der Waals surface area contributed by atoms with Crippen molar-refractivity contribution in [3.63, 3.8) is 0 Å². The second kappa shape index (κ2) is 8.78. The van der Waals surface area contributed by atoms with Crippen LogP contribution < -0.4 is 5.32 Å². The Morgan fingerprint density at radius 2 is 2.00 bits per heavy atom. The van der Waals surface area contributed by atoms with Gasteiger partial charge in [-0.05, 0) is 54.0 Å². The monoisotopic (exact) mass is 380 g/mol. The van der Waals surface area contributed by atoms with Crippen molar-refractivity contribution in [1.29, 1.82) is 0 Å². The van der Waals surface area contributed by atoms with E-state index in [1.807, 2.05) is 30.3 Å². The molecular weight excluding hydrogens is 348 g/mol. The van der Waals surface area contributed by atoms with Crippen molar-refractivity contribution < 1.29 is 9.90 Å². The number of hydrogen-bond acceptors (Lipinski definition) is 3. The fourth-order valence-corrected chi connectivity index (χ4v) is 4.37. The predicted octanol–water partition coefficient (Wildman–Crippen LogP) is 4.26. The van der Waals surface area contributed by atoms with Gasteiger partial charge in [0.05, 0.1) is 6.04 Å². The molecule has 4 heteroatoms. The average molecular weight is 381 g/mol. The first-order valence-electron chi connectivity index (χ1n) is 10.2. The van der Waals surface area contributed by atoms with Crippen molar-refractivity contribution in [2.45, 2.75) is 45.1 Å². The van der Waals surface area contributed by atoms with E-state index in [-0.39, 0.29) is 17.4 Å². The van der Waals surface area contributed by atoms with Gasteiger partial charge in [-0.1, -0.05) is 56.3 Å². The van der Waals surface area contributed by atoms with Gasteiger partial charge in [0.1, 0.15) is 5.75 Å². The summed E-state index contributed by atoms with van der Waals surface area (Å²) >= 11 is 0. The maximum Gasteiger partial charge on any atom is 0.217 e. The minimum absolute atomic E-state index is 0.0114. The van der Waals surface area contributed by atoms with Crippen LogP contribution in [0.3, 0.4) is 0 Å². The molecule has 0 spiro atoms. The zero-order chi connectivity index (χ0) is 20.1. The number of phenols is 1. The maximum atomic E-state index is 11.7. The van der Waals surface area contributed by atoms with E-state index in [0.29, 0.717) is 11.7 Å². The number of carbonyl (C=O) groups excluding carboxylic acids is 1. The van der Waals surface area contributed by atoms with Gasteiger partial charge in [-0.2, -0.15) is 0 Å². The number of aromatic hydroxyl groups is 1. The maximum absolute atomic E-state index is 11.7. The normalized spacial score (nSPS) is 23.9. The molecule has 3 rings (SSSR count). The third-order valence-corrected chi connectivity index (χ3v) is 6.39. The smallest absolute Gasteiger partial charge is 0.217 e. The van der Waals surface area contributed by atoms with Gasteiger partial charge in [0.25, 0.3) is 0 Å². The lowest BCUT2D eigenvalue weighted by atomic mass is 9.68. The molecule has 150 valence electrons. The summed E-state index contributed by atoms with van der Waals surface area (Å²) in [5.41, 5.74) is 2.46. The van der Waals surface area contributed by atoms with E-state index >= 15 is 0 Å². The van der Waals surface area contributed by atoms with Gasteiger partial charge in [0.15, 0.2) is 0 Å². The highest BCUT2D eigenvalue weighted by atomic mass is 16.3. The van der Waals surface area contributed by atoms with Gasteiger partial charge in [0.2, 0.25) is 5.91 Å². The number of hydrogen-bond donors (Lipinski definition) is 2. The fourth-order valence-electron chi connectivity index (χ4n) is 4.37. The first-order valence-corrected chi connectivity index (χ1v) is 10.2. The van der Waals surface area contributed by atoms with Gasteiger partial charge >= 0.3 is 0 Å². The summed E-state index contributed by atoms with van der Waals surface area (Å²) in [6.45, 7) is 9.21. The van der Waals surface area contributed by atoms with E-state index in [0.717, 1.165) is 38.0 Å². The van der Waals surface area contributed by atoms with Crippen LogP contribution in [-0.4, -0.2) is 35.5 Å². The zero-order valence-corrected chi connectivity index (χ0v) is 17.2. The van der Waals surface area contributed by atoms with Crippen molar-refractivity contribution >= 4 is 5.91 Å². The summed E-state index contributed by atoms with van der Waals surface area (Å²) in [4.78, 5) is 14.2. The highest BCUT2D eigenvalue weighted by Gasteiger charge is 2.38. The van der Waals surface area contributed by atoms with E-state index < -0.39 is 0 Å². The Balaban J connectivity index is 1.63. The second-order valence-corrected chi connectivity index (χ2v) is 8.37. The Morgan fingerprint density at radius 1 is 1.25 bits per heavy atom. The van der Waals surface area contributed by atoms with Gasteiger partial charge in [0, 0.05) is 20.0 Å². The number of rotatable bonds is 6. The number of benzene rings is 2. The predicted molar refractivity (Wildman–Crippen MR) is 113 cm³/mol. The van der Waals surface area contributed by atoms with E-state index in [1.54, 1.807) is 13.0 Å². The number of nitrogens with one attached hydrogen (secondary N) is 1. The summed E-state index contributed by atoms with van der Waals surface area (Å²) in [7, 11) is 0. The number of likely N-dealkylation sites (tertiary alicyclic amines) is 1. The van der Waals surface area contributed by atoms with Crippen LogP contribution in [0.15, 0.2) is 54.6 Å². The van der Waals surface area contributed by atoms with Gasteiger partial charge < -0.3 is 15.3 Å². The molecule has 2 aromatic carbocycles. The highest BCUT2D eigenvalue weighted by Crippen LogP contribution is 2.40. The summed E-state index contributed by atoms with van der Waals surface area (Å²) in [5.74, 6) is 0.839. The van der Waals surface area contributed by atoms with Crippen LogP contribution >= 0.6 is 0 Å². The van der Waals surface area contributed by atoms with Crippen LogP contribution in [0.2, 0.25) is 0 Å². The van der Waals surface area contributed by atoms with Crippen LogP contribution in [0.5, 0.6) is 5.75 Å². The summed E-state index contributed by atoms with van der Waals surface area (Å²) in [5, 5.41) is 13.0. The first kappa shape index (κ1) is 20.4. The van der Waals surface area contributed by atoms with Crippen LogP contribution in [0.1, 0.15) is 50.8 Å². The lowest BCUT2D eigenvalue weighted by Crippen LogP contribution is -2.48. The Bertz CT molecular complexity index is 792. The SMILES string of the molecule is CC(=O)NC(CCN1CCC(C)(c2cccc(O)c2)C(C)C1)c1ccccc1. The fraction of sp³-hybridized carbons (Fsp3) is 0.458. The van der Waals surface area contributed by atoms with E-state index in [4.69, 9.17) is 0 Å². The van der Waals surface area contributed by atoms with Gasteiger partial charge in [-0.15, -0.1) is 0 Å². The molecule has 0 bridgehead atoms. The molecule has 1 fully saturated rings. The molecule has 2 aromatic rings. The third kappa shape index (κ3) is 4.74. The highest BCUT2D eigenvalue weighted by molar-refractivity contribution is 5.73. The largest absolute Gasteiger partial charge is 0.508 e. The van der Waals surface area contributed by atoms with Crippen molar-refractivity contribution in [3.05, 3.63) is 65.7 Å². The molecule has 3 atom stereocenters. The van der Waals surface area contributed by atoms with E-state index in [9.17, 15) is 9.90 Å². The molecule has 4 nitrogen and oxygen atoms in total. The van der Waals surface area contributed by atoms with Gasteiger partial charge in [-0.25, -0.2) is 0 Å². The minimum atomic E-state index is 0.0114. The minimum Gasteiger partial charge on any atom is -0.508 e. The standard InChI is InChI=1S/C24H32N2O2/c1-18-17-26(15-13-24(18,3)21-10-7-11-22(28)16-21)14-12-23(25-19(2)27)20-8-5-4-6-9-20/h4-11,16,18,23,28H,12-15,17H2,1-3H3,(H,25,27). The zero-order valence-electron chi connectivity index (χ0n) is 17.2. The molecule has 1 aliphatic rings. The van der Waals surface area contributed by atoms with E-state index in [2.05, 4.69) is 42.3 Å². The van der Waals surface area contributed by atoms with Crippen molar-refractivity contribution in [2.75, 3.05) is 19.6 Å². The summed E-state index contributed by atoms with van der Waals surface area (Å²) < 4.78 is 0. The molecule has 2 N–H and O–H groups in total. The molecule has 1 heterocycles. The lowest BCUT2D eigenvalue weighted by Gasteiger charge is -2.45. The number of phenolic OH excluding ortho intramolecular Hbond substituents is 1. The number of carbonyl (C=O) groups is 1. The Morgan fingerprint density at radius 3 is 2.64 bits per heavy atom. The van der Waals surface area contributed by atoms with Crippen molar-refractivity contribution in [2.24, 2.45) is 5.92 Å². The molecule has 3 unspecified atom stereocenters. The molecular formula is C24H32N2O2. The lowest BCUT2D eigenvalue weighted by molar-refractivity contribution is -0.119. The number of piperidine rings is 1. The quantitative estimate of drug-likeness (QED) is 0.787. The molecule has 1 saturated heterocycles. The number of nitrogens with zero attached hydrogens (tertiary/aromatic N) is 1. The molecule has 0 radical (unpaired) electrons. The Kier molecular flexibility index (Phi) is 6.40. The Labute approximate surface area is 168 Å². The topological polar surface area (TPSA) is 52.6 Å². The van der Waals surface area contributed by atoms with Crippen LogP contribution in [0.25, 0.3) is 0 Å². The third-order valence-electron chi connectivity index (χ3n) is 6.39. The first-order chi connectivity index (χ1) is 13.4. The molecule has 28 heavy (non-hydrogen) atoms. The number of amides is 1. The van der Waals surface area contributed by atoms with Crippen molar-refractivity contribution in [3.8, 4) is 5.75 Å². The van der Waals surface area contributed by atoms with Crippen LogP contribution in [0, 0.1) is 5.92 Å². The molecule has 1 aliphatic heterocycles.